The first kappa shape index (κ1) is 19.5. The molecule has 1 N–H and O–H groups in total. The maximum atomic E-state index is 13.1. The number of aromatic nitrogens is 2. The van der Waals surface area contributed by atoms with Crippen LogP contribution in [0.3, 0.4) is 0 Å². The number of piperidine rings is 1. The summed E-state index contributed by atoms with van der Waals surface area (Å²) in [6.45, 7) is 8.76. The van der Waals surface area contributed by atoms with Crippen molar-refractivity contribution < 1.29 is 9.32 Å². The molecule has 6 nitrogen and oxygen atoms in total. The maximum absolute atomic E-state index is 13.1. The highest BCUT2D eigenvalue weighted by Crippen LogP contribution is 2.28. The van der Waals surface area contributed by atoms with E-state index in [0.717, 1.165) is 32.5 Å². The van der Waals surface area contributed by atoms with Crippen LogP contribution in [0.15, 0.2) is 28.8 Å². The molecule has 1 amide bonds. The van der Waals surface area contributed by atoms with E-state index >= 15 is 0 Å². The second-order valence-corrected chi connectivity index (χ2v) is 8.35. The van der Waals surface area contributed by atoms with Gasteiger partial charge in [-0.15, -0.1) is 0 Å². The van der Waals surface area contributed by atoms with Gasteiger partial charge < -0.3 is 14.7 Å². The molecule has 3 rings (SSSR count). The Morgan fingerprint density at radius 3 is 2.59 bits per heavy atom. The summed E-state index contributed by atoms with van der Waals surface area (Å²) in [5.74, 6) is 1.80. The molecule has 0 bridgehead atoms. The largest absolute Gasteiger partial charge is 0.339 e. The quantitative estimate of drug-likeness (QED) is 0.872. The number of carbonyl (C=O) groups is 1. The lowest BCUT2D eigenvalue weighted by atomic mass is 9.93. The van der Waals surface area contributed by atoms with E-state index in [1.54, 1.807) is 0 Å². The summed E-state index contributed by atoms with van der Waals surface area (Å²) in [5.41, 5.74) is 1.15. The molecule has 0 radical (unpaired) electrons. The molecule has 0 atom stereocenters. The standard InChI is InChI=1S/C21H30N4O2/c1-21(2,3)20-23-18(27-24-20)16-7-5-6-8-17(16)19(26)25-13-10-15(11-14-25)9-12-22-4/h5-8,15,22H,9-14H2,1-4H3. The predicted octanol–water partition coefficient (Wildman–Crippen LogP) is 3.50. The van der Waals surface area contributed by atoms with Gasteiger partial charge in [0, 0.05) is 18.5 Å². The Morgan fingerprint density at radius 1 is 1.26 bits per heavy atom. The fourth-order valence-corrected chi connectivity index (χ4v) is 3.44. The number of carbonyl (C=O) groups excluding carboxylic acids is 1. The Kier molecular flexibility index (Phi) is 5.95. The second-order valence-electron chi connectivity index (χ2n) is 8.35. The van der Waals surface area contributed by atoms with Crippen LogP contribution in [0.1, 0.15) is 56.2 Å². The van der Waals surface area contributed by atoms with Crippen LogP contribution >= 0.6 is 0 Å². The number of benzene rings is 1. The van der Waals surface area contributed by atoms with E-state index in [1.165, 1.54) is 6.42 Å². The van der Waals surface area contributed by atoms with Gasteiger partial charge in [0.25, 0.3) is 11.8 Å². The summed E-state index contributed by atoms with van der Waals surface area (Å²) in [7, 11) is 1.98. The van der Waals surface area contributed by atoms with Crippen molar-refractivity contribution in [1.29, 1.82) is 0 Å². The van der Waals surface area contributed by atoms with Crippen LogP contribution < -0.4 is 5.32 Å². The Labute approximate surface area is 161 Å². The smallest absolute Gasteiger partial charge is 0.258 e. The molecule has 27 heavy (non-hydrogen) atoms. The average molecular weight is 370 g/mol. The molecule has 0 unspecified atom stereocenters. The SMILES string of the molecule is CNCCC1CCN(C(=O)c2ccccc2-c2nc(C(C)(C)C)no2)CC1. The first-order chi connectivity index (χ1) is 12.9. The third-order valence-electron chi connectivity index (χ3n) is 5.19. The minimum absolute atomic E-state index is 0.0492. The van der Waals surface area contributed by atoms with Crippen molar-refractivity contribution in [2.45, 2.75) is 45.4 Å². The van der Waals surface area contributed by atoms with Crippen molar-refractivity contribution in [3.05, 3.63) is 35.7 Å². The molecule has 0 saturated carbocycles. The van der Waals surface area contributed by atoms with Crippen LogP contribution in [0.25, 0.3) is 11.5 Å². The molecule has 2 aromatic rings. The Balaban J connectivity index is 1.76. The lowest BCUT2D eigenvalue weighted by molar-refractivity contribution is 0.0687. The molecular weight excluding hydrogens is 340 g/mol. The minimum Gasteiger partial charge on any atom is -0.339 e. The van der Waals surface area contributed by atoms with Crippen LogP contribution in [0.4, 0.5) is 0 Å². The van der Waals surface area contributed by atoms with Gasteiger partial charge in [-0.05, 0) is 50.9 Å². The maximum Gasteiger partial charge on any atom is 0.258 e. The van der Waals surface area contributed by atoms with E-state index in [9.17, 15) is 4.79 Å². The molecule has 146 valence electrons. The summed E-state index contributed by atoms with van der Waals surface area (Å²) in [6, 6.07) is 7.52. The van der Waals surface area contributed by atoms with E-state index in [1.807, 2.05) is 57.0 Å². The lowest BCUT2D eigenvalue weighted by Crippen LogP contribution is -2.39. The minimum atomic E-state index is -0.198. The molecular formula is C21H30N4O2. The van der Waals surface area contributed by atoms with Gasteiger partial charge in [0.1, 0.15) is 0 Å². The first-order valence-electron chi connectivity index (χ1n) is 9.77. The van der Waals surface area contributed by atoms with Crippen molar-refractivity contribution >= 4 is 5.91 Å². The number of rotatable bonds is 5. The molecule has 2 heterocycles. The highest BCUT2D eigenvalue weighted by atomic mass is 16.5. The van der Waals surface area contributed by atoms with E-state index in [-0.39, 0.29) is 11.3 Å². The summed E-state index contributed by atoms with van der Waals surface area (Å²) in [5, 5.41) is 7.31. The predicted molar refractivity (Wildman–Crippen MR) is 106 cm³/mol. The zero-order valence-electron chi connectivity index (χ0n) is 16.8. The number of likely N-dealkylation sites (tertiary alicyclic amines) is 1. The van der Waals surface area contributed by atoms with Crippen LogP contribution in [-0.2, 0) is 5.41 Å². The molecule has 1 aromatic carbocycles. The van der Waals surface area contributed by atoms with Gasteiger partial charge in [-0.1, -0.05) is 38.1 Å². The zero-order chi connectivity index (χ0) is 19.4. The van der Waals surface area contributed by atoms with E-state index in [4.69, 9.17) is 4.52 Å². The second kappa shape index (κ2) is 8.21. The Bertz CT molecular complexity index is 770. The average Bonchev–Trinajstić information content (AvgIpc) is 3.17. The Hall–Kier alpha value is -2.21. The third-order valence-corrected chi connectivity index (χ3v) is 5.19. The van der Waals surface area contributed by atoms with Crippen LogP contribution in [0.5, 0.6) is 0 Å². The summed E-state index contributed by atoms with van der Waals surface area (Å²) < 4.78 is 5.48. The fraction of sp³-hybridized carbons (Fsp3) is 0.571. The first-order valence-corrected chi connectivity index (χ1v) is 9.77. The number of nitrogens with zero attached hydrogens (tertiary/aromatic N) is 3. The zero-order valence-corrected chi connectivity index (χ0v) is 16.8. The van der Waals surface area contributed by atoms with E-state index < -0.39 is 0 Å². The fourth-order valence-electron chi connectivity index (χ4n) is 3.44. The molecule has 0 aliphatic carbocycles. The monoisotopic (exact) mass is 370 g/mol. The van der Waals surface area contributed by atoms with Gasteiger partial charge in [-0.2, -0.15) is 4.98 Å². The van der Waals surface area contributed by atoms with Crippen molar-refractivity contribution in [1.82, 2.24) is 20.4 Å². The molecule has 1 saturated heterocycles. The van der Waals surface area contributed by atoms with Crippen molar-refractivity contribution in [2.24, 2.45) is 5.92 Å². The highest BCUT2D eigenvalue weighted by Gasteiger charge is 2.27. The number of hydrogen-bond acceptors (Lipinski definition) is 5. The van der Waals surface area contributed by atoms with Crippen molar-refractivity contribution in [3.8, 4) is 11.5 Å². The van der Waals surface area contributed by atoms with Gasteiger partial charge >= 0.3 is 0 Å². The molecule has 1 fully saturated rings. The third kappa shape index (κ3) is 4.56. The Morgan fingerprint density at radius 2 is 1.96 bits per heavy atom. The number of amides is 1. The molecule has 1 aliphatic heterocycles. The van der Waals surface area contributed by atoms with Crippen molar-refractivity contribution in [2.75, 3.05) is 26.7 Å². The lowest BCUT2D eigenvalue weighted by Gasteiger charge is -2.32. The number of nitrogens with one attached hydrogen (secondary N) is 1. The molecule has 0 spiro atoms. The van der Waals surface area contributed by atoms with Crippen LogP contribution in [0, 0.1) is 5.92 Å². The normalized spacial score (nSPS) is 15.9. The van der Waals surface area contributed by atoms with Gasteiger partial charge in [-0.3, -0.25) is 4.79 Å². The molecule has 1 aliphatic rings. The van der Waals surface area contributed by atoms with Crippen LogP contribution in [0.2, 0.25) is 0 Å². The van der Waals surface area contributed by atoms with Gasteiger partial charge in [-0.25, -0.2) is 0 Å². The van der Waals surface area contributed by atoms with E-state index in [0.29, 0.717) is 28.8 Å². The van der Waals surface area contributed by atoms with Gasteiger partial charge in [0.05, 0.1) is 11.1 Å². The van der Waals surface area contributed by atoms with Gasteiger partial charge in [0.15, 0.2) is 5.82 Å². The molecule has 6 heteroatoms. The number of hydrogen-bond donors (Lipinski definition) is 1. The summed E-state index contributed by atoms with van der Waals surface area (Å²) >= 11 is 0. The van der Waals surface area contributed by atoms with Crippen LogP contribution in [-0.4, -0.2) is 47.6 Å². The highest BCUT2D eigenvalue weighted by molar-refractivity contribution is 6.00. The topological polar surface area (TPSA) is 71.3 Å². The van der Waals surface area contributed by atoms with Gasteiger partial charge in [0.2, 0.25) is 0 Å². The summed E-state index contributed by atoms with van der Waals surface area (Å²) in [6.07, 6.45) is 3.29. The summed E-state index contributed by atoms with van der Waals surface area (Å²) in [4.78, 5) is 19.6. The molecule has 1 aromatic heterocycles. The van der Waals surface area contributed by atoms with E-state index in [2.05, 4.69) is 15.5 Å². The van der Waals surface area contributed by atoms with Crippen molar-refractivity contribution in [3.63, 3.8) is 0 Å².